The van der Waals surface area contributed by atoms with Crippen LogP contribution in [-0.4, -0.2) is 9.55 Å². The van der Waals surface area contributed by atoms with Crippen molar-refractivity contribution in [3.8, 4) is 11.4 Å². The SMILES string of the molecule is Nc1ccc2nc3n(c(=O)c2c1)Cc1ccccc1-3. The molecule has 0 aliphatic carbocycles. The number of nitrogen functional groups attached to an aromatic ring is 1. The van der Waals surface area contributed by atoms with Crippen LogP contribution in [0.25, 0.3) is 22.3 Å². The predicted molar refractivity (Wildman–Crippen MR) is 75.0 cm³/mol. The molecule has 4 nitrogen and oxygen atoms in total. The molecule has 0 amide bonds. The van der Waals surface area contributed by atoms with Gasteiger partial charge in [0.1, 0.15) is 5.82 Å². The molecule has 3 aromatic rings. The summed E-state index contributed by atoms with van der Waals surface area (Å²) in [4.78, 5) is 17.1. The summed E-state index contributed by atoms with van der Waals surface area (Å²) in [5, 5.41) is 0.580. The molecule has 0 atom stereocenters. The Labute approximate surface area is 109 Å². The van der Waals surface area contributed by atoms with Crippen molar-refractivity contribution in [1.82, 2.24) is 9.55 Å². The van der Waals surface area contributed by atoms with Crippen molar-refractivity contribution >= 4 is 16.6 Å². The monoisotopic (exact) mass is 249 g/mol. The molecule has 0 saturated carbocycles. The Balaban J connectivity index is 2.14. The van der Waals surface area contributed by atoms with Crippen molar-refractivity contribution in [3.63, 3.8) is 0 Å². The molecule has 19 heavy (non-hydrogen) atoms. The lowest BCUT2D eigenvalue weighted by atomic mass is 10.1. The Kier molecular flexibility index (Phi) is 1.87. The third-order valence-electron chi connectivity index (χ3n) is 3.56. The maximum atomic E-state index is 12.5. The largest absolute Gasteiger partial charge is 0.399 e. The highest BCUT2D eigenvalue weighted by Crippen LogP contribution is 2.29. The first-order valence-corrected chi connectivity index (χ1v) is 6.12. The molecular weight excluding hydrogens is 238 g/mol. The Morgan fingerprint density at radius 3 is 2.89 bits per heavy atom. The minimum absolute atomic E-state index is 0.0245. The third kappa shape index (κ3) is 1.34. The van der Waals surface area contributed by atoms with Crippen LogP contribution < -0.4 is 11.3 Å². The Bertz CT molecular complexity index is 880. The van der Waals surface area contributed by atoms with E-state index in [-0.39, 0.29) is 5.56 Å². The smallest absolute Gasteiger partial charge is 0.262 e. The molecule has 0 fully saturated rings. The molecule has 0 saturated heterocycles. The van der Waals surface area contributed by atoms with Gasteiger partial charge in [-0.15, -0.1) is 0 Å². The topological polar surface area (TPSA) is 60.9 Å². The van der Waals surface area contributed by atoms with Crippen LogP contribution in [0.2, 0.25) is 0 Å². The van der Waals surface area contributed by atoms with Crippen molar-refractivity contribution in [3.05, 3.63) is 58.4 Å². The molecule has 1 aromatic heterocycles. The van der Waals surface area contributed by atoms with Gasteiger partial charge in [-0.2, -0.15) is 0 Å². The molecule has 2 N–H and O–H groups in total. The van der Waals surface area contributed by atoms with Gasteiger partial charge in [-0.3, -0.25) is 9.36 Å². The third-order valence-corrected chi connectivity index (χ3v) is 3.56. The summed E-state index contributed by atoms with van der Waals surface area (Å²) in [6.45, 7) is 0.585. The van der Waals surface area contributed by atoms with E-state index in [1.54, 1.807) is 22.8 Å². The molecule has 0 spiro atoms. The van der Waals surface area contributed by atoms with Gasteiger partial charge in [0.25, 0.3) is 5.56 Å². The lowest BCUT2D eigenvalue weighted by Crippen LogP contribution is -2.20. The first-order chi connectivity index (χ1) is 9.24. The van der Waals surface area contributed by atoms with Crippen LogP contribution in [-0.2, 0) is 6.54 Å². The fraction of sp³-hybridized carbons (Fsp3) is 0.0667. The van der Waals surface area contributed by atoms with E-state index in [0.29, 0.717) is 23.1 Å². The van der Waals surface area contributed by atoms with Crippen LogP contribution in [0.5, 0.6) is 0 Å². The van der Waals surface area contributed by atoms with E-state index in [9.17, 15) is 4.79 Å². The van der Waals surface area contributed by atoms with Crippen molar-refractivity contribution < 1.29 is 0 Å². The van der Waals surface area contributed by atoms with E-state index in [0.717, 1.165) is 17.0 Å². The lowest BCUT2D eigenvalue weighted by Gasteiger charge is -2.05. The number of hydrogen-bond donors (Lipinski definition) is 1. The highest BCUT2D eigenvalue weighted by atomic mass is 16.1. The minimum atomic E-state index is -0.0245. The Morgan fingerprint density at radius 2 is 2.00 bits per heavy atom. The molecule has 92 valence electrons. The predicted octanol–water partition coefficient (Wildman–Crippen LogP) is 2.01. The maximum absolute atomic E-state index is 12.5. The molecular formula is C15H11N3O. The zero-order chi connectivity index (χ0) is 13.0. The number of hydrogen-bond acceptors (Lipinski definition) is 3. The standard InChI is InChI=1S/C15H11N3O/c16-10-5-6-13-12(7-10)15(19)18-8-9-3-1-2-4-11(9)14(18)17-13/h1-7H,8,16H2. The van der Waals surface area contributed by atoms with E-state index >= 15 is 0 Å². The van der Waals surface area contributed by atoms with Gasteiger partial charge >= 0.3 is 0 Å². The van der Waals surface area contributed by atoms with Crippen LogP contribution in [0.15, 0.2) is 47.3 Å². The summed E-state index contributed by atoms with van der Waals surface area (Å²) < 4.78 is 1.71. The van der Waals surface area contributed by atoms with Gasteiger partial charge in [-0.1, -0.05) is 24.3 Å². The second kappa shape index (κ2) is 3.45. The number of anilines is 1. The number of benzene rings is 2. The number of nitrogens with two attached hydrogens (primary N) is 1. The molecule has 1 aliphatic heterocycles. The van der Waals surface area contributed by atoms with Crippen LogP contribution in [0.4, 0.5) is 5.69 Å². The second-order valence-corrected chi connectivity index (χ2v) is 4.76. The van der Waals surface area contributed by atoms with Crippen LogP contribution >= 0.6 is 0 Å². The van der Waals surface area contributed by atoms with Crippen molar-refractivity contribution in [2.45, 2.75) is 6.54 Å². The van der Waals surface area contributed by atoms with Gasteiger partial charge in [-0.05, 0) is 23.8 Å². The number of nitrogens with zero attached hydrogens (tertiary/aromatic N) is 2. The highest BCUT2D eigenvalue weighted by Gasteiger charge is 2.21. The summed E-state index contributed by atoms with van der Waals surface area (Å²) in [5.74, 6) is 0.748. The number of fused-ring (bicyclic) bond motifs is 4. The van der Waals surface area contributed by atoms with Gasteiger partial charge in [-0.25, -0.2) is 4.98 Å². The van der Waals surface area contributed by atoms with Gasteiger partial charge in [0.15, 0.2) is 0 Å². The van der Waals surface area contributed by atoms with E-state index in [1.807, 2.05) is 24.3 Å². The van der Waals surface area contributed by atoms with E-state index in [2.05, 4.69) is 4.98 Å². The summed E-state index contributed by atoms with van der Waals surface area (Å²) in [6.07, 6.45) is 0. The van der Waals surface area contributed by atoms with E-state index in [1.165, 1.54) is 0 Å². The molecule has 0 unspecified atom stereocenters. The normalized spacial score (nSPS) is 12.4. The highest BCUT2D eigenvalue weighted by molar-refractivity contribution is 5.83. The fourth-order valence-electron chi connectivity index (χ4n) is 2.64. The number of rotatable bonds is 0. The maximum Gasteiger partial charge on any atom is 0.262 e. The summed E-state index contributed by atoms with van der Waals surface area (Å²) in [7, 11) is 0. The second-order valence-electron chi connectivity index (χ2n) is 4.76. The van der Waals surface area contributed by atoms with Crippen molar-refractivity contribution in [1.29, 1.82) is 0 Å². The van der Waals surface area contributed by atoms with Crippen LogP contribution in [0.1, 0.15) is 5.56 Å². The van der Waals surface area contributed by atoms with E-state index in [4.69, 9.17) is 5.73 Å². The van der Waals surface area contributed by atoms with Gasteiger partial charge in [0.05, 0.1) is 17.4 Å². The quantitative estimate of drug-likeness (QED) is 0.485. The van der Waals surface area contributed by atoms with Gasteiger partial charge in [0.2, 0.25) is 0 Å². The zero-order valence-electron chi connectivity index (χ0n) is 10.1. The average Bonchev–Trinajstić information content (AvgIpc) is 2.79. The molecule has 4 rings (SSSR count). The fourth-order valence-corrected chi connectivity index (χ4v) is 2.64. The molecule has 0 bridgehead atoms. The average molecular weight is 249 g/mol. The van der Waals surface area contributed by atoms with Gasteiger partial charge in [0, 0.05) is 11.3 Å². The number of aromatic nitrogens is 2. The first kappa shape index (κ1) is 10.3. The van der Waals surface area contributed by atoms with Crippen LogP contribution in [0.3, 0.4) is 0 Å². The van der Waals surface area contributed by atoms with Gasteiger partial charge < -0.3 is 5.73 Å². The lowest BCUT2D eigenvalue weighted by molar-refractivity contribution is 0.797. The Morgan fingerprint density at radius 1 is 1.16 bits per heavy atom. The van der Waals surface area contributed by atoms with Crippen LogP contribution in [0, 0.1) is 0 Å². The zero-order valence-corrected chi connectivity index (χ0v) is 10.1. The van der Waals surface area contributed by atoms with Crippen molar-refractivity contribution in [2.75, 3.05) is 5.73 Å². The summed E-state index contributed by atoms with van der Waals surface area (Å²) in [6, 6.07) is 13.2. The van der Waals surface area contributed by atoms with E-state index < -0.39 is 0 Å². The molecule has 0 radical (unpaired) electrons. The Hall–Kier alpha value is -2.62. The minimum Gasteiger partial charge on any atom is -0.399 e. The molecule has 1 aliphatic rings. The summed E-state index contributed by atoms with van der Waals surface area (Å²) in [5.41, 5.74) is 9.18. The molecule has 4 heteroatoms. The molecule has 2 aromatic carbocycles. The molecule has 2 heterocycles. The van der Waals surface area contributed by atoms with Crippen molar-refractivity contribution in [2.24, 2.45) is 0 Å². The summed E-state index contributed by atoms with van der Waals surface area (Å²) >= 11 is 0. The first-order valence-electron chi connectivity index (χ1n) is 6.12.